The number of amides is 1. The molecule has 0 spiro atoms. The number of unbranched alkanes of at least 4 members (excludes halogenated alkanes) is 7. The van der Waals surface area contributed by atoms with Gasteiger partial charge in [-0.3, -0.25) is 23.9 Å². The molecule has 0 aromatic carbocycles. The average Bonchev–Trinajstić information content (AvgIpc) is 3.24. The molecule has 1 aromatic heterocycles. The summed E-state index contributed by atoms with van der Waals surface area (Å²) in [4.78, 5) is 44.3. The molecule has 1 aromatic rings. The second-order valence-electron chi connectivity index (χ2n) is 11.0. The largest absolute Gasteiger partial charge is 0.481 e. The lowest BCUT2D eigenvalue weighted by Gasteiger charge is -2.37. The highest BCUT2D eigenvalue weighted by atomic mass is 32.2. The maximum absolute atomic E-state index is 13.5. The first-order valence-corrected chi connectivity index (χ1v) is 16.6. The predicted octanol–water partition coefficient (Wildman–Crippen LogP) is 5.38. The third-order valence-corrected chi connectivity index (χ3v) is 9.46. The van der Waals surface area contributed by atoms with E-state index in [-0.39, 0.29) is 23.5 Å². The lowest BCUT2D eigenvalue weighted by atomic mass is 10.0. The molecule has 0 unspecified atom stereocenters. The molecule has 0 radical (unpaired) electrons. The van der Waals surface area contributed by atoms with Crippen LogP contribution in [-0.2, 0) is 16.1 Å². The number of pyridine rings is 1. The number of carbonyl (C=O) groups excluding carboxylic acids is 1. The number of thioether (sulfide) groups is 1. The summed E-state index contributed by atoms with van der Waals surface area (Å²) in [6, 6.07) is 2.13. The number of rotatable bonds is 16. The third kappa shape index (κ3) is 8.68. The molecular weight excluding hydrogens is 571 g/mol. The highest BCUT2D eigenvalue weighted by Gasteiger charge is 2.33. The van der Waals surface area contributed by atoms with Gasteiger partial charge in [0, 0.05) is 51.3 Å². The van der Waals surface area contributed by atoms with Crippen LogP contribution >= 0.6 is 24.0 Å². The second-order valence-corrected chi connectivity index (χ2v) is 12.7. The van der Waals surface area contributed by atoms with Crippen LogP contribution in [0.3, 0.4) is 0 Å². The Bertz CT molecular complexity index is 1260. The minimum atomic E-state index is -0.728. The summed E-state index contributed by atoms with van der Waals surface area (Å²) in [6.45, 7) is 11.3. The minimum Gasteiger partial charge on any atom is -0.481 e. The van der Waals surface area contributed by atoms with Crippen LogP contribution in [0.5, 0.6) is 0 Å². The van der Waals surface area contributed by atoms with E-state index < -0.39 is 5.97 Å². The number of nitrogens with zero attached hydrogens (tertiary/aromatic N) is 5. The molecule has 0 saturated carbocycles. The summed E-state index contributed by atoms with van der Waals surface area (Å²) in [5.41, 5.74) is 1.22. The van der Waals surface area contributed by atoms with Crippen LogP contribution in [0.2, 0.25) is 0 Å². The van der Waals surface area contributed by atoms with Gasteiger partial charge in [0.25, 0.3) is 11.5 Å². The molecule has 11 heteroatoms. The number of anilines is 1. The fourth-order valence-corrected chi connectivity index (χ4v) is 6.91. The first-order chi connectivity index (χ1) is 20.2. The number of piperazine rings is 1. The number of thiocarbonyl (C=S) groups is 1. The number of aliphatic carboxylic acids is 1. The smallest absolute Gasteiger partial charge is 0.303 e. The van der Waals surface area contributed by atoms with Gasteiger partial charge in [-0.25, -0.2) is 0 Å². The normalized spacial score (nSPS) is 17.0. The van der Waals surface area contributed by atoms with E-state index in [0.717, 1.165) is 102 Å². The lowest BCUT2D eigenvalue weighted by molar-refractivity contribution is -0.137. The number of carboxylic acid groups (broad SMARTS) is 1. The Kier molecular flexibility index (Phi) is 13.5. The Balaban J connectivity index is 1.73. The molecule has 2 saturated heterocycles. The summed E-state index contributed by atoms with van der Waals surface area (Å²) in [5, 5.41) is 18.6. The van der Waals surface area contributed by atoms with Crippen LogP contribution in [0.1, 0.15) is 94.7 Å². The van der Waals surface area contributed by atoms with Crippen molar-refractivity contribution in [2.45, 2.75) is 91.5 Å². The first kappa shape index (κ1) is 33.8. The van der Waals surface area contributed by atoms with Gasteiger partial charge in [-0.05, 0) is 44.4 Å². The van der Waals surface area contributed by atoms with Gasteiger partial charge in [-0.15, -0.1) is 0 Å². The van der Waals surface area contributed by atoms with Gasteiger partial charge >= 0.3 is 5.97 Å². The molecule has 230 valence electrons. The third-order valence-electron chi connectivity index (χ3n) is 8.08. The van der Waals surface area contributed by atoms with Crippen molar-refractivity contribution in [2.75, 3.05) is 44.2 Å². The number of aromatic nitrogens is 1. The fraction of sp³-hybridized carbons (Fsp3) is 0.645. The van der Waals surface area contributed by atoms with Gasteiger partial charge in [-0.1, -0.05) is 76.4 Å². The molecule has 2 fully saturated rings. The quantitative estimate of drug-likeness (QED) is 0.149. The van der Waals surface area contributed by atoms with Crippen LogP contribution in [-0.4, -0.2) is 74.9 Å². The molecule has 2 aliphatic rings. The van der Waals surface area contributed by atoms with E-state index in [1.54, 1.807) is 16.4 Å². The Morgan fingerprint density at radius 2 is 1.62 bits per heavy atom. The van der Waals surface area contributed by atoms with E-state index in [1.807, 2.05) is 13.0 Å². The van der Waals surface area contributed by atoms with Crippen molar-refractivity contribution >= 4 is 52.1 Å². The molecular formula is C31H45N5O4S2. The summed E-state index contributed by atoms with van der Waals surface area (Å²) < 4.78 is 2.27. The van der Waals surface area contributed by atoms with Crippen LogP contribution in [0, 0.1) is 18.3 Å². The van der Waals surface area contributed by atoms with Gasteiger partial charge < -0.3 is 14.9 Å². The fourth-order valence-electron chi connectivity index (χ4n) is 5.62. The highest BCUT2D eigenvalue weighted by molar-refractivity contribution is 8.26. The number of hydrogen-bond donors (Lipinski definition) is 1. The van der Waals surface area contributed by atoms with Crippen molar-refractivity contribution in [3.63, 3.8) is 0 Å². The number of likely N-dealkylation sites (N-methyl/N-ethyl adjacent to an activating group) is 1. The van der Waals surface area contributed by atoms with Gasteiger partial charge in [0.1, 0.15) is 21.8 Å². The topological polar surface area (TPSA) is 110 Å². The van der Waals surface area contributed by atoms with Crippen LogP contribution in [0.15, 0.2) is 9.70 Å². The second kappa shape index (κ2) is 16.8. The Morgan fingerprint density at radius 1 is 1.00 bits per heavy atom. The van der Waals surface area contributed by atoms with Crippen molar-refractivity contribution < 1.29 is 14.7 Å². The molecule has 42 heavy (non-hydrogen) atoms. The summed E-state index contributed by atoms with van der Waals surface area (Å²) >= 11 is 6.90. The van der Waals surface area contributed by atoms with Crippen molar-refractivity contribution in [3.05, 3.63) is 31.9 Å². The van der Waals surface area contributed by atoms with E-state index in [0.29, 0.717) is 27.9 Å². The van der Waals surface area contributed by atoms with Gasteiger partial charge in [0.2, 0.25) is 0 Å². The monoisotopic (exact) mass is 615 g/mol. The van der Waals surface area contributed by atoms with Crippen molar-refractivity contribution in [2.24, 2.45) is 0 Å². The van der Waals surface area contributed by atoms with E-state index in [9.17, 15) is 19.6 Å². The van der Waals surface area contributed by atoms with Gasteiger partial charge in [0.05, 0.1) is 4.91 Å². The Labute approximate surface area is 259 Å². The Morgan fingerprint density at radius 3 is 2.19 bits per heavy atom. The van der Waals surface area contributed by atoms with Crippen LogP contribution < -0.4 is 10.5 Å². The predicted molar refractivity (Wildman–Crippen MR) is 174 cm³/mol. The maximum atomic E-state index is 13.5. The number of carboxylic acids is 1. The van der Waals surface area contributed by atoms with Gasteiger partial charge in [0.15, 0.2) is 0 Å². The SMILES string of the molecule is CCCn1c(N2CCN(CC)CC2)c(C=C2SC(=S)N(CCCCCCCCCCC(=O)O)C2=O)c(C)c(C#N)c1=O. The highest BCUT2D eigenvalue weighted by Crippen LogP contribution is 2.36. The van der Waals surface area contributed by atoms with Crippen molar-refractivity contribution in [3.8, 4) is 6.07 Å². The lowest BCUT2D eigenvalue weighted by Crippen LogP contribution is -2.48. The van der Waals surface area contributed by atoms with E-state index in [1.165, 1.54) is 11.8 Å². The van der Waals surface area contributed by atoms with Gasteiger partial charge in [-0.2, -0.15) is 5.26 Å². The first-order valence-electron chi connectivity index (χ1n) is 15.3. The number of nitriles is 1. The molecule has 0 bridgehead atoms. The molecule has 0 aliphatic carbocycles. The molecule has 9 nitrogen and oxygen atoms in total. The van der Waals surface area contributed by atoms with Crippen LogP contribution in [0.25, 0.3) is 6.08 Å². The number of carbonyl (C=O) groups is 2. The van der Waals surface area contributed by atoms with E-state index in [2.05, 4.69) is 22.8 Å². The average molecular weight is 616 g/mol. The van der Waals surface area contributed by atoms with E-state index in [4.69, 9.17) is 17.3 Å². The van der Waals surface area contributed by atoms with E-state index >= 15 is 0 Å². The Hall–Kier alpha value is -2.68. The zero-order valence-corrected chi connectivity index (χ0v) is 27.0. The molecule has 1 N–H and O–H groups in total. The summed E-state index contributed by atoms with van der Waals surface area (Å²) in [5.74, 6) is -0.0485. The zero-order chi connectivity index (χ0) is 30.6. The summed E-state index contributed by atoms with van der Waals surface area (Å²) in [7, 11) is 0. The number of hydrogen-bond acceptors (Lipinski definition) is 8. The maximum Gasteiger partial charge on any atom is 0.303 e. The molecule has 1 amide bonds. The molecule has 3 heterocycles. The van der Waals surface area contributed by atoms with Crippen molar-refractivity contribution in [1.82, 2.24) is 14.4 Å². The zero-order valence-electron chi connectivity index (χ0n) is 25.3. The minimum absolute atomic E-state index is 0.115. The molecule has 2 aliphatic heterocycles. The van der Waals surface area contributed by atoms with Crippen LogP contribution in [0.4, 0.5) is 5.82 Å². The standard InChI is InChI=1S/C31H45N5O4S2/c1-4-15-35-28(34-19-17-33(5-2)18-20-34)24(23(3)25(22-32)29(35)39)21-26-30(40)36(31(41)42-26)16-13-11-9-7-6-8-10-12-14-27(37)38/h21H,4-20H2,1-3H3,(H,37,38). The molecule has 3 rings (SSSR count). The molecule has 0 atom stereocenters. The summed E-state index contributed by atoms with van der Waals surface area (Å²) in [6.07, 6.45) is 10.8. The van der Waals surface area contributed by atoms with Crippen molar-refractivity contribution in [1.29, 1.82) is 5.26 Å².